The van der Waals surface area contributed by atoms with Crippen molar-refractivity contribution in [3.8, 4) is 0 Å². The molecule has 5 unspecified atom stereocenters. The molecule has 3 rings (SSSR count). The van der Waals surface area contributed by atoms with E-state index < -0.39 is 0 Å². The molecule has 0 aromatic heterocycles. The molecular formula is C15H28N2O. The van der Waals surface area contributed by atoms with Crippen LogP contribution in [0.15, 0.2) is 0 Å². The molecule has 0 aromatic carbocycles. The molecule has 1 aliphatic heterocycles. The van der Waals surface area contributed by atoms with Crippen molar-refractivity contribution in [1.82, 2.24) is 4.90 Å². The van der Waals surface area contributed by atoms with E-state index in [9.17, 15) is 5.11 Å². The highest BCUT2D eigenvalue weighted by molar-refractivity contribution is 4.96. The number of rotatable bonds is 1. The molecule has 3 N–H and O–H groups in total. The first-order valence-corrected chi connectivity index (χ1v) is 7.93. The second kappa shape index (κ2) is 5.48. The lowest BCUT2D eigenvalue weighted by molar-refractivity contribution is 0.0536. The van der Waals surface area contributed by atoms with Gasteiger partial charge in [-0.1, -0.05) is 25.7 Å². The molecule has 3 aliphatic rings. The summed E-state index contributed by atoms with van der Waals surface area (Å²) in [6.07, 6.45) is 9.77. The van der Waals surface area contributed by atoms with Crippen molar-refractivity contribution in [3.05, 3.63) is 0 Å². The van der Waals surface area contributed by atoms with E-state index in [0.717, 1.165) is 18.9 Å². The highest BCUT2D eigenvalue weighted by Gasteiger charge is 2.42. The summed E-state index contributed by atoms with van der Waals surface area (Å²) in [5, 5.41) is 10.3. The molecule has 2 aliphatic carbocycles. The zero-order chi connectivity index (χ0) is 12.5. The zero-order valence-electron chi connectivity index (χ0n) is 11.4. The lowest BCUT2D eigenvalue weighted by Gasteiger charge is -2.31. The van der Waals surface area contributed by atoms with E-state index in [2.05, 4.69) is 4.90 Å². The van der Waals surface area contributed by atoms with Crippen LogP contribution in [0.1, 0.15) is 51.4 Å². The number of nitrogens with zero attached hydrogens (tertiary/aromatic N) is 1. The molecule has 3 fully saturated rings. The number of hydrogen-bond acceptors (Lipinski definition) is 3. The Bertz CT molecular complexity index is 284. The smallest absolute Gasteiger partial charge is 0.0695 e. The van der Waals surface area contributed by atoms with Gasteiger partial charge in [0.05, 0.1) is 6.10 Å². The van der Waals surface area contributed by atoms with Crippen LogP contribution in [0, 0.1) is 11.8 Å². The van der Waals surface area contributed by atoms with E-state index >= 15 is 0 Å². The van der Waals surface area contributed by atoms with Crippen LogP contribution in [0.25, 0.3) is 0 Å². The third kappa shape index (κ3) is 2.45. The molecule has 3 nitrogen and oxygen atoms in total. The zero-order valence-corrected chi connectivity index (χ0v) is 11.4. The van der Waals surface area contributed by atoms with Gasteiger partial charge < -0.3 is 10.8 Å². The van der Waals surface area contributed by atoms with Gasteiger partial charge in [0.2, 0.25) is 0 Å². The Hall–Kier alpha value is -0.120. The predicted octanol–water partition coefficient (Wildman–Crippen LogP) is 1.74. The fourth-order valence-electron chi connectivity index (χ4n) is 4.52. The van der Waals surface area contributed by atoms with Gasteiger partial charge in [0.25, 0.3) is 0 Å². The standard InChI is InChI=1S/C15H28N2O/c16-13-6-4-5-11-9-17(10-12(11)13)14-7-2-1-3-8-15(14)18/h11-15,18H,1-10,16H2. The second-order valence-electron chi connectivity index (χ2n) is 6.75. The summed E-state index contributed by atoms with van der Waals surface area (Å²) in [6.45, 7) is 2.34. The summed E-state index contributed by atoms with van der Waals surface area (Å²) >= 11 is 0. The molecule has 3 heteroatoms. The second-order valence-corrected chi connectivity index (χ2v) is 6.75. The molecule has 1 heterocycles. The van der Waals surface area contributed by atoms with Crippen LogP contribution < -0.4 is 5.73 Å². The van der Waals surface area contributed by atoms with Crippen molar-refractivity contribution in [3.63, 3.8) is 0 Å². The quantitative estimate of drug-likeness (QED) is 0.699. The predicted molar refractivity (Wildman–Crippen MR) is 73.3 cm³/mol. The molecule has 0 radical (unpaired) electrons. The summed E-state index contributed by atoms with van der Waals surface area (Å²) in [4.78, 5) is 2.58. The van der Waals surface area contributed by atoms with E-state index in [1.54, 1.807) is 0 Å². The maximum atomic E-state index is 10.3. The molecule has 0 spiro atoms. The third-order valence-corrected chi connectivity index (χ3v) is 5.60. The van der Waals surface area contributed by atoms with Crippen LogP contribution in [0.5, 0.6) is 0 Å². The molecule has 0 bridgehead atoms. The van der Waals surface area contributed by atoms with Crippen LogP contribution in [-0.4, -0.2) is 41.3 Å². The van der Waals surface area contributed by atoms with Crippen LogP contribution >= 0.6 is 0 Å². The van der Waals surface area contributed by atoms with Crippen molar-refractivity contribution in [2.45, 2.75) is 69.6 Å². The highest BCUT2D eigenvalue weighted by Crippen LogP contribution is 2.38. The highest BCUT2D eigenvalue weighted by atomic mass is 16.3. The minimum Gasteiger partial charge on any atom is -0.391 e. The van der Waals surface area contributed by atoms with Crippen molar-refractivity contribution in [2.75, 3.05) is 13.1 Å². The molecule has 1 saturated heterocycles. The molecular weight excluding hydrogens is 224 g/mol. The summed E-state index contributed by atoms with van der Waals surface area (Å²) in [6, 6.07) is 0.835. The van der Waals surface area contributed by atoms with E-state index in [1.165, 1.54) is 51.5 Å². The molecule has 0 aromatic rings. The maximum absolute atomic E-state index is 10.3. The van der Waals surface area contributed by atoms with Gasteiger partial charge in [0, 0.05) is 25.2 Å². The normalized spacial score (nSPS) is 46.7. The van der Waals surface area contributed by atoms with Crippen molar-refractivity contribution < 1.29 is 5.11 Å². The van der Waals surface area contributed by atoms with Gasteiger partial charge in [0.1, 0.15) is 0 Å². The molecule has 2 saturated carbocycles. The van der Waals surface area contributed by atoms with Crippen molar-refractivity contribution in [2.24, 2.45) is 17.6 Å². The van der Waals surface area contributed by atoms with Gasteiger partial charge in [-0.3, -0.25) is 4.90 Å². The molecule has 18 heavy (non-hydrogen) atoms. The number of aliphatic hydroxyl groups excluding tert-OH is 1. The number of fused-ring (bicyclic) bond motifs is 1. The van der Waals surface area contributed by atoms with Gasteiger partial charge in [0.15, 0.2) is 0 Å². The first-order valence-electron chi connectivity index (χ1n) is 7.93. The Morgan fingerprint density at radius 3 is 2.56 bits per heavy atom. The SMILES string of the molecule is NC1CCCC2CN(C3CCCCCC3O)CC12. The molecule has 5 atom stereocenters. The summed E-state index contributed by atoms with van der Waals surface area (Å²) in [5.74, 6) is 1.51. The Balaban J connectivity index is 1.66. The van der Waals surface area contributed by atoms with E-state index in [1.807, 2.05) is 0 Å². The Morgan fingerprint density at radius 1 is 0.889 bits per heavy atom. The van der Waals surface area contributed by atoms with Crippen LogP contribution in [0.4, 0.5) is 0 Å². The average Bonchev–Trinajstić information content (AvgIpc) is 2.67. The Morgan fingerprint density at radius 2 is 1.72 bits per heavy atom. The lowest BCUT2D eigenvalue weighted by Crippen LogP contribution is -2.43. The fourth-order valence-corrected chi connectivity index (χ4v) is 4.52. The topological polar surface area (TPSA) is 49.5 Å². The molecule has 0 amide bonds. The van der Waals surface area contributed by atoms with E-state index in [4.69, 9.17) is 5.73 Å². The number of hydrogen-bond donors (Lipinski definition) is 2. The first kappa shape index (κ1) is 12.9. The fraction of sp³-hybridized carbons (Fsp3) is 1.00. The third-order valence-electron chi connectivity index (χ3n) is 5.60. The Labute approximate surface area is 111 Å². The first-order chi connectivity index (χ1) is 8.75. The maximum Gasteiger partial charge on any atom is 0.0695 e. The summed E-state index contributed by atoms with van der Waals surface area (Å²) < 4.78 is 0. The minimum atomic E-state index is -0.0936. The van der Waals surface area contributed by atoms with Crippen molar-refractivity contribution in [1.29, 1.82) is 0 Å². The lowest BCUT2D eigenvalue weighted by atomic mass is 9.78. The van der Waals surface area contributed by atoms with Crippen molar-refractivity contribution >= 4 is 0 Å². The monoisotopic (exact) mass is 252 g/mol. The van der Waals surface area contributed by atoms with Gasteiger partial charge in [-0.25, -0.2) is 0 Å². The summed E-state index contributed by atoms with van der Waals surface area (Å²) in [5.41, 5.74) is 6.29. The number of aliphatic hydroxyl groups is 1. The summed E-state index contributed by atoms with van der Waals surface area (Å²) in [7, 11) is 0. The van der Waals surface area contributed by atoms with Crippen LogP contribution in [-0.2, 0) is 0 Å². The molecule has 104 valence electrons. The van der Waals surface area contributed by atoms with Gasteiger partial charge in [-0.2, -0.15) is 0 Å². The average molecular weight is 252 g/mol. The van der Waals surface area contributed by atoms with E-state index in [0.29, 0.717) is 18.0 Å². The van der Waals surface area contributed by atoms with Gasteiger partial charge in [-0.05, 0) is 37.5 Å². The van der Waals surface area contributed by atoms with Gasteiger partial charge >= 0.3 is 0 Å². The largest absolute Gasteiger partial charge is 0.391 e. The minimum absolute atomic E-state index is 0.0936. The number of likely N-dealkylation sites (tertiary alicyclic amines) is 1. The Kier molecular flexibility index (Phi) is 3.92. The van der Waals surface area contributed by atoms with E-state index in [-0.39, 0.29) is 6.10 Å². The van der Waals surface area contributed by atoms with Crippen LogP contribution in [0.3, 0.4) is 0 Å². The van der Waals surface area contributed by atoms with Crippen LogP contribution in [0.2, 0.25) is 0 Å². The number of nitrogens with two attached hydrogens (primary N) is 1. The van der Waals surface area contributed by atoms with Gasteiger partial charge in [-0.15, -0.1) is 0 Å².